The van der Waals surface area contributed by atoms with Crippen molar-refractivity contribution in [2.45, 2.75) is 37.8 Å². The second-order valence-corrected chi connectivity index (χ2v) is 19.7. The van der Waals surface area contributed by atoms with Crippen molar-refractivity contribution in [3.05, 3.63) is 142 Å². The molecule has 70 heavy (non-hydrogen) atoms. The van der Waals surface area contributed by atoms with E-state index in [1.165, 1.54) is 21.7 Å². The minimum atomic E-state index is -3.85. The molecule has 4 aliphatic heterocycles. The minimum Gasteiger partial charge on any atom is -0.423 e. The zero-order chi connectivity index (χ0) is 47.2. The van der Waals surface area contributed by atoms with E-state index in [-0.39, 0.29) is 28.6 Å². The second-order valence-electron chi connectivity index (χ2n) is 17.4. The van der Waals surface area contributed by atoms with Crippen LogP contribution in [0.3, 0.4) is 0 Å². The quantitative estimate of drug-likeness (QED) is 0.169. The fourth-order valence-electron chi connectivity index (χ4n) is 9.52. The Balaban J connectivity index is 0.000000126. The van der Waals surface area contributed by atoms with Gasteiger partial charge in [0.15, 0.2) is 11.2 Å². The van der Waals surface area contributed by atoms with Gasteiger partial charge in [0.05, 0.1) is 36.8 Å². The largest absolute Gasteiger partial charge is 0.423 e. The Morgan fingerprint density at radius 3 is 2.00 bits per heavy atom. The molecule has 2 saturated heterocycles. The molecule has 0 atom stereocenters. The number of hydrogen-bond acceptors (Lipinski definition) is 12. The highest BCUT2D eigenvalue weighted by atomic mass is 35.5. The molecule has 2 fully saturated rings. The van der Waals surface area contributed by atoms with Crippen LogP contribution in [-0.2, 0) is 45.4 Å². The zero-order valence-electron chi connectivity index (χ0n) is 38.2. The van der Waals surface area contributed by atoms with Crippen molar-refractivity contribution in [2.24, 2.45) is 0 Å². The first-order chi connectivity index (χ1) is 33.6. The van der Waals surface area contributed by atoms with E-state index < -0.39 is 15.8 Å². The molecule has 0 saturated carbocycles. The first kappa shape index (κ1) is 47.5. The predicted molar refractivity (Wildman–Crippen MR) is 270 cm³/mol. The molecule has 0 aliphatic carbocycles. The molecule has 8 heterocycles. The summed E-state index contributed by atoms with van der Waals surface area (Å²) in [6, 6.07) is 29.6. The van der Waals surface area contributed by atoms with Crippen LogP contribution in [0.2, 0.25) is 5.02 Å². The topological polar surface area (TPSA) is 147 Å². The number of para-hydroxylation sites is 2. The Morgan fingerprint density at radius 2 is 1.31 bits per heavy atom. The number of H-pyrrole nitrogens is 1. The molecule has 2 N–H and O–H groups in total. The van der Waals surface area contributed by atoms with E-state index in [1.807, 2.05) is 31.2 Å². The highest BCUT2D eigenvalue weighted by Crippen LogP contribution is 2.36. The van der Waals surface area contributed by atoms with Crippen molar-refractivity contribution < 1.29 is 35.5 Å². The van der Waals surface area contributed by atoms with Crippen LogP contribution in [0.15, 0.2) is 111 Å². The standard InChI is InChI=1S/C22H21FN4O2.C18H17FN2O2S.C11H11ClN2O2.ClH/c23-17-3-1-2-15-16-13-27(7-6-18(16)24-21(15)17)14-4-5-20-19(12-14)25-22(29-20)26-8-10-28-11-9-26;1-12-5-7-13(8-6-12)24(22,23)21-17-9-10-20-11-15(17)14-3-2-4-16(19)18(14)21;12-8-1-2-10-9(7-8)13-11(16-10)14-3-5-15-6-4-14;/h1-5,12,24H,6-11,13H2;2-8,20H,9-11H2,1H3;1-2,7H,3-6H2;1H. The van der Waals surface area contributed by atoms with Gasteiger partial charge >= 0.3 is 0 Å². The van der Waals surface area contributed by atoms with E-state index in [9.17, 15) is 17.2 Å². The predicted octanol–water partition coefficient (Wildman–Crippen LogP) is 9.56. The molecule has 4 aromatic heterocycles. The van der Waals surface area contributed by atoms with E-state index in [1.54, 1.807) is 48.5 Å². The summed E-state index contributed by atoms with van der Waals surface area (Å²) in [4.78, 5) is 19.1. The Morgan fingerprint density at radius 1 is 0.686 bits per heavy atom. The summed E-state index contributed by atoms with van der Waals surface area (Å²) in [6.07, 6.45) is 1.41. The number of hydrogen-bond donors (Lipinski definition) is 2. The van der Waals surface area contributed by atoms with Gasteiger partial charge in [-0.2, -0.15) is 9.97 Å². The average Bonchev–Trinajstić information content (AvgIpc) is 4.18. The van der Waals surface area contributed by atoms with Crippen molar-refractivity contribution in [3.63, 3.8) is 0 Å². The second kappa shape index (κ2) is 19.9. The Hall–Kier alpha value is -6.21. The summed E-state index contributed by atoms with van der Waals surface area (Å²) in [7, 11) is -3.85. The van der Waals surface area contributed by atoms with E-state index in [0.717, 1.165) is 109 Å². The highest BCUT2D eigenvalue weighted by Gasteiger charge is 2.30. The van der Waals surface area contributed by atoms with Crippen LogP contribution in [0.5, 0.6) is 0 Å². The normalized spacial score (nSPS) is 16.1. The lowest BCUT2D eigenvalue weighted by molar-refractivity contribution is 0.120. The Kier molecular flexibility index (Phi) is 13.5. The monoisotopic (exact) mass is 1010 g/mol. The number of anilines is 3. The summed E-state index contributed by atoms with van der Waals surface area (Å²) in [5, 5.41) is 5.54. The van der Waals surface area contributed by atoms with E-state index in [2.05, 4.69) is 42.1 Å². The van der Waals surface area contributed by atoms with Crippen molar-refractivity contribution in [3.8, 4) is 0 Å². The molecule has 5 aromatic carbocycles. The molecular weight excluding hydrogens is 962 g/mol. The van der Waals surface area contributed by atoms with E-state index in [0.29, 0.717) is 66.4 Å². The number of aryl methyl sites for hydroxylation is 1. The summed E-state index contributed by atoms with van der Waals surface area (Å²) < 4.78 is 78.6. The fraction of sp³-hybridized carbons (Fsp3) is 0.294. The van der Waals surface area contributed by atoms with Gasteiger partial charge in [-0.3, -0.25) is 0 Å². The van der Waals surface area contributed by atoms with Crippen molar-refractivity contribution in [1.29, 1.82) is 0 Å². The zero-order valence-corrected chi connectivity index (χ0v) is 40.6. The molecule has 364 valence electrons. The van der Waals surface area contributed by atoms with Gasteiger partial charge in [-0.05, 0) is 73.2 Å². The first-order valence-electron chi connectivity index (χ1n) is 23.1. The molecule has 13 rings (SSSR count). The van der Waals surface area contributed by atoms with Gasteiger partial charge in [-0.25, -0.2) is 21.2 Å². The van der Waals surface area contributed by atoms with Gasteiger partial charge in [0.2, 0.25) is 0 Å². The molecule has 0 bridgehead atoms. The molecule has 9 aromatic rings. The molecule has 4 aliphatic rings. The molecule has 14 nitrogen and oxygen atoms in total. The number of aromatic nitrogens is 4. The molecule has 19 heteroatoms. The van der Waals surface area contributed by atoms with Crippen molar-refractivity contribution in [2.75, 3.05) is 80.4 Å². The van der Waals surface area contributed by atoms with Crippen LogP contribution in [0, 0.1) is 18.6 Å². The third-order valence-electron chi connectivity index (χ3n) is 13.1. The van der Waals surface area contributed by atoms with Crippen LogP contribution in [0.4, 0.5) is 26.5 Å². The Bertz CT molecular complexity index is 3460. The van der Waals surface area contributed by atoms with Gasteiger partial charge in [0.25, 0.3) is 22.1 Å². The number of morpholine rings is 2. The minimum absolute atomic E-state index is 0. The maximum atomic E-state index is 14.5. The number of oxazole rings is 2. The van der Waals surface area contributed by atoms with Crippen LogP contribution < -0.4 is 20.0 Å². The number of nitrogens with one attached hydrogen (secondary N) is 2. The van der Waals surface area contributed by atoms with Gasteiger partial charge < -0.3 is 43.3 Å². The van der Waals surface area contributed by atoms with Crippen LogP contribution in [0.1, 0.15) is 28.1 Å². The van der Waals surface area contributed by atoms with Gasteiger partial charge in [-0.15, -0.1) is 12.4 Å². The molecule has 0 unspecified atom stereocenters. The van der Waals surface area contributed by atoms with E-state index >= 15 is 0 Å². The lowest BCUT2D eigenvalue weighted by atomic mass is 10.0. The summed E-state index contributed by atoms with van der Waals surface area (Å²) in [6.45, 7) is 10.8. The fourth-order valence-corrected chi connectivity index (χ4v) is 11.3. The third kappa shape index (κ3) is 9.17. The van der Waals surface area contributed by atoms with Crippen molar-refractivity contribution in [1.82, 2.24) is 24.2 Å². The highest BCUT2D eigenvalue weighted by molar-refractivity contribution is 7.90. The van der Waals surface area contributed by atoms with Crippen LogP contribution in [-0.4, -0.2) is 93.0 Å². The molecule has 0 radical (unpaired) electrons. The average molecular weight is 1010 g/mol. The molecule has 0 spiro atoms. The van der Waals surface area contributed by atoms with Crippen LogP contribution in [0.25, 0.3) is 44.0 Å². The summed E-state index contributed by atoms with van der Waals surface area (Å²) >= 11 is 5.90. The van der Waals surface area contributed by atoms with Crippen LogP contribution >= 0.6 is 24.0 Å². The lowest BCUT2D eigenvalue weighted by Gasteiger charge is -2.29. The third-order valence-corrected chi connectivity index (χ3v) is 15.1. The number of nitrogens with zero attached hydrogens (tertiary/aromatic N) is 6. The van der Waals surface area contributed by atoms with Gasteiger partial charge in [0, 0.05) is 104 Å². The molecular formula is C51H50Cl2F2N8O6S. The summed E-state index contributed by atoms with van der Waals surface area (Å²) in [5.74, 6) is -0.708. The smallest absolute Gasteiger partial charge is 0.298 e. The van der Waals surface area contributed by atoms with Gasteiger partial charge in [-0.1, -0.05) is 53.6 Å². The summed E-state index contributed by atoms with van der Waals surface area (Å²) in [5.41, 5.74) is 9.92. The number of benzene rings is 5. The SMILES string of the molecule is Cc1ccc(S(=O)(=O)n2c3c(c4cccc(F)c42)CNCC3)cc1.Cl.Clc1ccc2oc(N3CCOCC3)nc2c1.Fc1cccc2c3c([nH]c12)CCN(c1ccc2oc(N4CCOCC4)nc2c1)C3. The number of rotatable bonds is 5. The molecule has 0 amide bonds. The maximum Gasteiger partial charge on any atom is 0.298 e. The van der Waals surface area contributed by atoms with Crippen molar-refractivity contribution >= 4 is 95.8 Å². The van der Waals surface area contributed by atoms with Gasteiger partial charge in [0.1, 0.15) is 28.2 Å². The van der Waals surface area contributed by atoms with E-state index in [4.69, 9.17) is 34.9 Å². The number of fused-ring (bicyclic) bond motifs is 8. The number of halogens is 4. The first-order valence-corrected chi connectivity index (χ1v) is 24.9. The number of ether oxygens (including phenoxy) is 2. The lowest BCUT2D eigenvalue weighted by Crippen LogP contribution is -2.36. The number of aromatic amines is 1. The maximum absolute atomic E-state index is 14.5. The Labute approximate surface area is 413 Å².